The summed E-state index contributed by atoms with van der Waals surface area (Å²) in [7, 11) is 0. The van der Waals surface area contributed by atoms with E-state index in [-0.39, 0.29) is 0 Å². The minimum Gasteiger partial charge on any atom is -0.390 e. The second-order valence-corrected chi connectivity index (χ2v) is 4.06. The van der Waals surface area contributed by atoms with Crippen LogP contribution in [0, 0.1) is 0 Å². The lowest BCUT2D eigenvalue weighted by atomic mass is 9.99. The zero-order chi connectivity index (χ0) is 10.6. The molecule has 0 aliphatic carbocycles. The smallest absolute Gasteiger partial charge is 0.111 e. The van der Waals surface area contributed by atoms with Gasteiger partial charge in [-0.2, -0.15) is 0 Å². The average Bonchev–Trinajstić information content (AvgIpc) is 2.53. The number of rotatable bonds is 5. The minimum atomic E-state index is -0.628. The van der Waals surface area contributed by atoms with Gasteiger partial charge in [0.2, 0.25) is 0 Å². The quantitative estimate of drug-likeness (QED) is 0.782. The van der Waals surface area contributed by atoms with Gasteiger partial charge in [0.05, 0.1) is 5.60 Å². The van der Waals surface area contributed by atoms with E-state index in [1.165, 1.54) is 0 Å². The number of aliphatic hydroxyl groups is 1. The first-order chi connectivity index (χ1) is 6.59. The van der Waals surface area contributed by atoms with Crippen molar-refractivity contribution in [3.63, 3.8) is 0 Å². The maximum absolute atomic E-state index is 9.93. The molecule has 0 fully saturated rings. The van der Waals surface area contributed by atoms with Crippen molar-refractivity contribution in [1.29, 1.82) is 0 Å². The third-order valence-corrected chi connectivity index (χ3v) is 2.57. The topological polar surface area (TPSA) is 38.0 Å². The van der Waals surface area contributed by atoms with Gasteiger partial charge in [-0.25, -0.2) is 4.98 Å². The summed E-state index contributed by atoms with van der Waals surface area (Å²) >= 11 is 0. The van der Waals surface area contributed by atoms with E-state index < -0.39 is 5.60 Å². The molecule has 1 unspecified atom stereocenters. The fraction of sp³-hybridized carbons (Fsp3) is 0.727. The number of aromatic nitrogens is 2. The highest BCUT2D eigenvalue weighted by Crippen LogP contribution is 2.15. The first kappa shape index (κ1) is 11.2. The number of hydrogen-bond acceptors (Lipinski definition) is 2. The maximum atomic E-state index is 9.93. The minimum absolute atomic E-state index is 0.628. The van der Waals surface area contributed by atoms with Crippen LogP contribution in [0.15, 0.2) is 12.4 Å². The average molecular weight is 196 g/mol. The zero-order valence-corrected chi connectivity index (χ0v) is 9.32. The fourth-order valence-electron chi connectivity index (χ4n) is 1.42. The van der Waals surface area contributed by atoms with Crippen LogP contribution in [0.3, 0.4) is 0 Å². The Bertz CT molecular complexity index is 279. The Morgan fingerprint density at radius 1 is 1.50 bits per heavy atom. The molecule has 1 heterocycles. The van der Waals surface area contributed by atoms with Crippen LogP contribution in [0.25, 0.3) is 0 Å². The van der Waals surface area contributed by atoms with Crippen LogP contribution >= 0.6 is 0 Å². The van der Waals surface area contributed by atoms with Crippen molar-refractivity contribution in [3.05, 3.63) is 18.2 Å². The van der Waals surface area contributed by atoms with Gasteiger partial charge in [0.25, 0.3) is 0 Å². The second kappa shape index (κ2) is 4.60. The number of hydrogen-bond donors (Lipinski definition) is 1. The molecule has 80 valence electrons. The molecule has 0 saturated carbocycles. The summed E-state index contributed by atoms with van der Waals surface area (Å²) in [5.74, 6) is 0.985. The monoisotopic (exact) mass is 196 g/mol. The third kappa shape index (κ3) is 2.84. The molecule has 3 heteroatoms. The lowest BCUT2D eigenvalue weighted by molar-refractivity contribution is 0.0535. The predicted molar refractivity (Wildman–Crippen MR) is 57.1 cm³/mol. The molecule has 1 N–H and O–H groups in total. The molecule has 0 spiro atoms. The molecule has 1 atom stereocenters. The van der Waals surface area contributed by atoms with Gasteiger partial charge in [-0.3, -0.25) is 0 Å². The Labute approximate surface area is 85.8 Å². The predicted octanol–water partition coefficient (Wildman–Crippen LogP) is 2.00. The van der Waals surface area contributed by atoms with Crippen molar-refractivity contribution in [3.8, 4) is 0 Å². The molecular formula is C11H20N2O. The zero-order valence-electron chi connectivity index (χ0n) is 9.32. The highest BCUT2D eigenvalue weighted by molar-refractivity contribution is 4.97. The van der Waals surface area contributed by atoms with Crippen LogP contribution in [0.5, 0.6) is 0 Å². The van der Waals surface area contributed by atoms with E-state index in [0.717, 1.165) is 25.2 Å². The highest BCUT2D eigenvalue weighted by atomic mass is 16.3. The molecule has 0 saturated heterocycles. The fourth-order valence-corrected chi connectivity index (χ4v) is 1.42. The SMILES string of the molecule is CCCn1ccnc1CC(C)(O)CC. The summed E-state index contributed by atoms with van der Waals surface area (Å²) in [6.07, 6.45) is 6.27. The molecule has 0 aromatic carbocycles. The van der Waals surface area contributed by atoms with E-state index in [9.17, 15) is 5.11 Å². The van der Waals surface area contributed by atoms with Crippen LogP contribution in [-0.4, -0.2) is 20.3 Å². The van der Waals surface area contributed by atoms with Gasteiger partial charge in [-0.15, -0.1) is 0 Å². The molecule has 1 aromatic heterocycles. The lowest BCUT2D eigenvalue weighted by Crippen LogP contribution is -2.27. The van der Waals surface area contributed by atoms with Gasteiger partial charge in [0, 0.05) is 25.4 Å². The molecule has 0 aliphatic heterocycles. The molecule has 0 aliphatic rings. The first-order valence-electron chi connectivity index (χ1n) is 5.31. The van der Waals surface area contributed by atoms with Crippen LogP contribution in [0.4, 0.5) is 0 Å². The third-order valence-electron chi connectivity index (χ3n) is 2.57. The molecule has 3 nitrogen and oxygen atoms in total. The standard InChI is InChI=1S/C11H20N2O/c1-4-7-13-8-6-12-10(13)9-11(3,14)5-2/h6,8,14H,4-5,7,9H2,1-3H3. The van der Waals surface area contributed by atoms with E-state index in [4.69, 9.17) is 0 Å². The van der Waals surface area contributed by atoms with Crippen molar-refractivity contribution in [1.82, 2.24) is 9.55 Å². The Morgan fingerprint density at radius 3 is 2.79 bits per heavy atom. The summed E-state index contributed by atoms with van der Waals surface area (Å²) in [5, 5.41) is 9.93. The Morgan fingerprint density at radius 2 is 2.21 bits per heavy atom. The van der Waals surface area contributed by atoms with Crippen LogP contribution in [-0.2, 0) is 13.0 Å². The molecule has 14 heavy (non-hydrogen) atoms. The lowest BCUT2D eigenvalue weighted by Gasteiger charge is -2.21. The Kier molecular flexibility index (Phi) is 3.69. The van der Waals surface area contributed by atoms with E-state index >= 15 is 0 Å². The highest BCUT2D eigenvalue weighted by Gasteiger charge is 2.20. The van der Waals surface area contributed by atoms with Gasteiger partial charge >= 0.3 is 0 Å². The van der Waals surface area contributed by atoms with Gasteiger partial charge < -0.3 is 9.67 Å². The van der Waals surface area contributed by atoms with Gasteiger partial charge in [-0.05, 0) is 19.8 Å². The number of nitrogens with zero attached hydrogens (tertiary/aromatic N) is 2. The second-order valence-electron chi connectivity index (χ2n) is 4.06. The normalized spacial score (nSPS) is 15.4. The summed E-state index contributed by atoms with van der Waals surface area (Å²) in [6.45, 7) is 6.97. The van der Waals surface area contributed by atoms with Crippen molar-refractivity contribution in [2.45, 2.75) is 52.2 Å². The molecule has 0 amide bonds. The molecule has 1 rings (SSSR count). The van der Waals surface area contributed by atoms with Gasteiger partial charge in [0.15, 0.2) is 0 Å². The largest absolute Gasteiger partial charge is 0.390 e. The number of imidazole rings is 1. The van der Waals surface area contributed by atoms with Crippen LogP contribution in [0.2, 0.25) is 0 Å². The van der Waals surface area contributed by atoms with E-state index in [2.05, 4.69) is 16.5 Å². The Balaban J connectivity index is 2.70. The summed E-state index contributed by atoms with van der Waals surface area (Å²) in [6, 6.07) is 0. The maximum Gasteiger partial charge on any atom is 0.111 e. The van der Waals surface area contributed by atoms with Crippen LogP contribution < -0.4 is 0 Å². The molecule has 0 bridgehead atoms. The Hall–Kier alpha value is -0.830. The summed E-state index contributed by atoms with van der Waals surface area (Å²) in [5.41, 5.74) is -0.628. The molecule has 1 aromatic rings. The summed E-state index contributed by atoms with van der Waals surface area (Å²) in [4.78, 5) is 4.27. The first-order valence-corrected chi connectivity index (χ1v) is 5.31. The van der Waals surface area contributed by atoms with Crippen LogP contribution in [0.1, 0.15) is 39.4 Å². The molecule has 0 radical (unpaired) electrons. The van der Waals surface area contributed by atoms with Crippen molar-refractivity contribution in [2.75, 3.05) is 0 Å². The number of aryl methyl sites for hydroxylation is 1. The van der Waals surface area contributed by atoms with Crippen molar-refractivity contribution in [2.24, 2.45) is 0 Å². The van der Waals surface area contributed by atoms with Gasteiger partial charge in [0.1, 0.15) is 5.82 Å². The summed E-state index contributed by atoms with van der Waals surface area (Å²) < 4.78 is 2.12. The van der Waals surface area contributed by atoms with Crippen molar-refractivity contribution >= 4 is 0 Å². The van der Waals surface area contributed by atoms with E-state index in [1.54, 1.807) is 6.20 Å². The van der Waals surface area contributed by atoms with E-state index in [0.29, 0.717) is 6.42 Å². The van der Waals surface area contributed by atoms with Gasteiger partial charge in [-0.1, -0.05) is 13.8 Å². The molecular weight excluding hydrogens is 176 g/mol. The van der Waals surface area contributed by atoms with E-state index in [1.807, 2.05) is 20.0 Å². The van der Waals surface area contributed by atoms with Crippen molar-refractivity contribution < 1.29 is 5.11 Å².